The van der Waals surface area contributed by atoms with Gasteiger partial charge in [-0.2, -0.15) is 0 Å². The summed E-state index contributed by atoms with van der Waals surface area (Å²) < 4.78 is 10.8. The van der Waals surface area contributed by atoms with Crippen LogP contribution in [-0.2, 0) is 23.9 Å². The summed E-state index contributed by atoms with van der Waals surface area (Å²) >= 11 is 0. The van der Waals surface area contributed by atoms with Gasteiger partial charge in [-0.3, -0.25) is 14.4 Å². The van der Waals surface area contributed by atoms with Crippen LogP contribution < -0.4 is 11.5 Å². The highest BCUT2D eigenvalue weighted by Gasteiger charge is 2.24. The fraction of sp³-hybridized carbons (Fsp3) is 0.900. The van der Waals surface area contributed by atoms with Crippen LogP contribution in [0.2, 0.25) is 0 Å². The fourth-order valence-corrected chi connectivity index (χ4v) is 4.42. The van der Waals surface area contributed by atoms with Gasteiger partial charge in [-0.05, 0) is 25.7 Å². The lowest BCUT2D eigenvalue weighted by Crippen LogP contribution is -2.68. The Bertz CT molecular complexity index is 552. The van der Waals surface area contributed by atoms with Crippen LogP contribution in [-0.4, -0.2) is 61.6 Å². The van der Waals surface area contributed by atoms with E-state index in [9.17, 15) is 14.4 Å². The summed E-state index contributed by atoms with van der Waals surface area (Å²) in [6, 6.07) is -0.367. The molecule has 0 saturated carbocycles. The Kier molecular flexibility index (Phi) is 25.7. The van der Waals surface area contributed by atoms with Crippen molar-refractivity contribution in [3.05, 3.63) is 0 Å². The highest BCUT2D eigenvalue weighted by Crippen LogP contribution is 2.10. The van der Waals surface area contributed by atoms with Gasteiger partial charge >= 0.3 is 11.9 Å². The molecule has 38 heavy (non-hydrogen) atoms. The normalized spacial score (nSPS) is 11.8. The number of carbonyl (C=O) groups excluding carboxylic acids is 3. The molecule has 0 heterocycles. The minimum atomic E-state index is -0.367. The Morgan fingerprint density at radius 3 is 1.47 bits per heavy atom. The third-order valence-electron chi connectivity index (χ3n) is 6.93. The Balaban J connectivity index is 4.37. The van der Waals surface area contributed by atoms with Crippen LogP contribution in [0.5, 0.6) is 0 Å². The van der Waals surface area contributed by atoms with Gasteiger partial charge in [-0.25, -0.2) is 0 Å². The monoisotopic (exact) mass is 543 g/mol. The minimum absolute atomic E-state index is 0.0830. The van der Waals surface area contributed by atoms with Gasteiger partial charge in [-0.1, -0.05) is 90.9 Å². The van der Waals surface area contributed by atoms with E-state index in [0.717, 1.165) is 57.9 Å². The van der Waals surface area contributed by atoms with Crippen molar-refractivity contribution in [1.29, 1.82) is 0 Å². The molecule has 0 saturated heterocycles. The van der Waals surface area contributed by atoms with E-state index in [4.69, 9.17) is 9.47 Å². The number of quaternary nitrogens is 2. The molecule has 0 aliphatic heterocycles. The van der Waals surface area contributed by atoms with E-state index in [1.165, 1.54) is 51.4 Å². The van der Waals surface area contributed by atoms with E-state index < -0.39 is 0 Å². The fourth-order valence-electron chi connectivity index (χ4n) is 4.42. The number of amides is 1. The number of esters is 2. The third kappa shape index (κ3) is 22.3. The molecule has 0 aliphatic rings. The molecule has 1 unspecified atom stereocenters. The van der Waals surface area contributed by atoms with Crippen molar-refractivity contribution in [2.45, 2.75) is 142 Å². The maximum Gasteiger partial charge on any atom is 0.305 e. The molecule has 224 valence electrons. The van der Waals surface area contributed by atoms with Gasteiger partial charge in [-0.15, -0.1) is 0 Å². The van der Waals surface area contributed by atoms with E-state index in [0.29, 0.717) is 19.3 Å². The molecule has 8 heteroatoms. The van der Waals surface area contributed by atoms with Crippen molar-refractivity contribution in [2.24, 2.45) is 0 Å². The van der Waals surface area contributed by atoms with Crippen LogP contribution >= 0.6 is 0 Å². The molecule has 0 spiro atoms. The second kappa shape index (κ2) is 26.9. The molecule has 6 N–H and O–H groups in total. The van der Waals surface area contributed by atoms with Crippen LogP contribution in [0.15, 0.2) is 0 Å². The van der Waals surface area contributed by atoms with Gasteiger partial charge in [0.25, 0.3) is 5.91 Å². The van der Waals surface area contributed by atoms with Gasteiger partial charge < -0.3 is 25.8 Å². The number of rotatable bonds is 27. The average Bonchev–Trinajstić information content (AvgIpc) is 2.90. The Hall–Kier alpha value is -1.67. The number of carbonyl (C=O) groups is 3. The first-order valence-electron chi connectivity index (χ1n) is 15.7. The minimum Gasteiger partial charge on any atom is -0.464 e. The first-order valence-corrected chi connectivity index (χ1v) is 15.7. The lowest BCUT2D eigenvalue weighted by Gasteiger charge is -2.24. The maximum absolute atomic E-state index is 13.0. The van der Waals surface area contributed by atoms with Crippen LogP contribution in [0.4, 0.5) is 0 Å². The number of nitrogens with zero attached hydrogens (tertiary/aromatic N) is 1. The first-order chi connectivity index (χ1) is 18.5. The van der Waals surface area contributed by atoms with Gasteiger partial charge in [0.1, 0.15) is 13.2 Å². The van der Waals surface area contributed by atoms with Crippen molar-refractivity contribution in [3.8, 4) is 0 Å². The third-order valence-corrected chi connectivity index (χ3v) is 6.93. The second-order valence-electron chi connectivity index (χ2n) is 10.6. The van der Waals surface area contributed by atoms with Crippen molar-refractivity contribution in [1.82, 2.24) is 4.90 Å². The molecule has 0 bridgehead atoms. The number of hydrogen-bond acceptors (Lipinski definition) is 5. The topological polar surface area (TPSA) is 128 Å². The van der Waals surface area contributed by atoms with Crippen LogP contribution in [0.1, 0.15) is 136 Å². The predicted molar refractivity (Wildman–Crippen MR) is 152 cm³/mol. The lowest BCUT2D eigenvalue weighted by molar-refractivity contribution is -0.408. The largest absolute Gasteiger partial charge is 0.464 e. The van der Waals surface area contributed by atoms with E-state index in [1.807, 2.05) is 0 Å². The molecule has 0 aromatic heterocycles. The number of hydrogen-bond donors (Lipinski definition) is 2. The molecule has 0 rings (SSSR count). The van der Waals surface area contributed by atoms with Crippen LogP contribution in [0.3, 0.4) is 0 Å². The van der Waals surface area contributed by atoms with Gasteiger partial charge in [0.05, 0.1) is 19.6 Å². The van der Waals surface area contributed by atoms with Gasteiger partial charge in [0.2, 0.25) is 0 Å². The molecule has 0 radical (unpaired) electrons. The van der Waals surface area contributed by atoms with Gasteiger partial charge in [0.15, 0.2) is 6.04 Å². The predicted octanol–water partition coefficient (Wildman–Crippen LogP) is 4.21. The SMILES string of the molecule is CCCCCCCCCC(=O)OCCN(CCOC(=O)CCCCCCCCC)C(=O)C([NH3+])CCCC[NH3+]. The van der Waals surface area contributed by atoms with Crippen molar-refractivity contribution in [2.75, 3.05) is 32.8 Å². The summed E-state index contributed by atoms with van der Waals surface area (Å²) in [7, 11) is 0. The smallest absolute Gasteiger partial charge is 0.305 e. The number of unbranched alkanes of at least 4 members (excludes halogenated alkanes) is 13. The summed E-state index contributed by atoms with van der Waals surface area (Å²) in [5.41, 5.74) is 7.89. The summed E-state index contributed by atoms with van der Waals surface area (Å²) in [4.78, 5) is 38.9. The zero-order valence-corrected chi connectivity index (χ0v) is 25.0. The van der Waals surface area contributed by atoms with E-state index in [2.05, 4.69) is 25.3 Å². The summed E-state index contributed by atoms with van der Waals surface area (Å²) in [6.45, 7) is 6.13. The van der Waals surface area contributed by atoms with E-state index >= 15 is 0 Å². The molecule has 0 fully saturated rings. The van der Waals surface area contributed by atoms with E-state index in [1.54, 1.807) is 4.90 Å². The summed E-state index contributed by atoms with van der Waals surface area (Å²) in [5.74, 6) is -0.511. The molecule has 1 amide bonds. The first kappa shape index (κ1) is 36.3. The van der Waals surface area contributed by atoms with Crippen molar-refractivity contribution >= 4 is 17.8 Å². The molecule has 1 atom stereocenters. The number of ether oxygens (including phenoxy) is 2. The molecule has 0 aliphatic carbocycles. The second-order valence-corrected chi connectivity index (χ2v) is 10.6. The Morgan fingerprint density at radius 1 is 0.632 bits per heavy atom. The van der Waals surface area contributed by atoms with E-state index in [-0.39, 0.29) is 50.2 Å². The molecule has 8 nitrogen and oxygen atoms in total. The molecular weight excluding hydrogens is 482 g/mol. The maximum atomic E-state index is 13.0. The zero-order valence-electron chi connectivity index (χ0n) is 25.0. The summed E-state index contributed by atoms with van der Waals surface area (Å²) in [6.07, 6.45) is 19.5. The zero-order chi connectivity index (χ0) is 28.3. The molecule has 0 aromatic carbocycles. The Labute approximate surface area is 232 Å². The Morgan fingerprint density at radius 2 is 1.05 bits per heavy atom. The van der Waals surface area contributed by atoms with Crippen LogP contribution in [0, 0.1) is 0 Å². The quantitative estimate of drug-likeness (QED) is 0.118. The van der Waals surface area contributed by atoms with Crippen molar-refractivity contribution in [3.63, 3.8) is 0 Å². The summed E-state index contributed by atoms with van der Waals surface area (Å²) in [5, 5.41) is 0. The van der Waals surface area contributed by atoms with Crippen LogP contribution in [0.25, 0.3) is 0 Å². The highest BCUT2D eigenvalue weighted by atomic mass is 16.5. The average molecular weight is 544 g/mol. The highest BCUT2D eigenvalue weighted by molar-refractivity contribution is 5.80. The lowest BCUT2D eigenvalue weighted by atomic mass is 10.1. The molecule has 0 aromatic rings. The standard InChI is InChI=1S/C30H59N3O5/c1-3-5-7-9-11-13-15-20-28(34)37-25-23-33(30(36)27(32)19-17-18-22-31)24-26-38-29(35)21-16-14-12-10-8-6-4-2/h27H,3-26,31-32H2,1-2H3/p+2. The molecular formula is C30H61N3O5+2. The van der Waals surface area contributed by atoms with Gasteiger partial charge in [0, 0.05) is 19.3 Å². The van der Waals surface area contributed by atoms with Crippen molar-refractivity contribution < 1.29 is 35.3 Å².